The highest BCUT2D eigenvalue weighted by Gasteiger charge is 2.59. The lowest BCUT2D eigenvalue weighted by Gasteiger charge is -2.34. The summed E-state index contributed by atoms with van der Waals surface area (Å²) in [6.07, 6.45) is -4.77. The Labute approximate surface area is 70.0 Å². The normalized spacial score (nSPS) is 14.5. The third kappa shape index (κ3) is 1.72. The summed E-state index contributed by atoms with van der Waals surface area (Å²) >= 11 is 0. The van der Waals surface area contributed by atoms with Crippen LogP contribution in [0.25, 0.3) is 0 Å². The van der Waals surface area contributed by atoms with Crippen LogP contribution in [0.15, 0.2) is 0 Å². The molecule has 0 saturated heterocycles. The predicted molar refractivity (Wildman–Crippen MR) is 39.6 cm³/mol. The summed E-state index contributed by atoms with van der Waals surface area (Å²) < 4.78 is 50.1. The van der Waals surface area contributed by atoms with Crippen LogP contribution < -0.4 is 0 Å². The van der Waals surface area contributed by atoms with E-state index in [4.69, 9.17) is 0 Å². The van der Waals surface area contributed by atoms with Gasteiger partial charge < -0.3 is 0 Å². The van der Waals surface area contributed by atoms with Gasteiger partial charge in [-0.1, -0.05) is 27.7 Å². The average Bonchev–Trinajstić information content (AvgIpc) is 1.82. The van der Waals surface area contributed by atoms with E-state index in [-0.39, 0.29) is 0 Å². The van der Waals surface area contributed by atoms with Crippen LogP contribution in [0.1, 0.15) is 27.7 Å². The molecule has 0 atom stereocenters. The van der Waals surface area contributed by atoms with Gasteiger partial charge in [0.2, 0.25) is 5.67 Å². The molecule has 0 bridgehead atoms. The van der Waals surface area contributed by atoms with E-state index in [0.717, 1.165) is 0 Å². The summed E-state index contributed by atoms with van der Waals surface area (Å²) in [7, 11) is 0. The lowest BCUT2D eigenvalue weighted by Crippen LogP contribution is -2.49. The molecule has 0 heterocycles. The van der Waals surface area contributed by atoms with Crippen LogP contribution >= 0.6 is 0 Å². The van der Waals surface area contributed by atoms with Gasteiger partial charge in [0.15, 0.2) is 0 Å². The molecule has 0 aliphatic carbocycles. The molecule has 0 radical (unpaired) electrons. The summed E-state index contributed by atoms with van der Waals surface area (Å²) in [4.78, 5) is 0. The number of rotatable bonds is 2. The van der Waals surface area contributed by atoms with E-state index in [1.54, 1.807) is 0 Å². The quantitative estimate of drug-likeness (QED) is 0.578. The van der Waals surface area contributed by atoms with Crippen LogP contribution in [0, 0.1) is 11.8 Å². The Morgan fingerprint density at radius 2 is 1.00 bits per heavy atom. The SMILES string of the molecule is CC(C)C(F)(C(C)C)C(F)(F)F. The summed E-state index contributed by atoms with van der Waals surface area (Å²) in [5.41, 5.74) is -3.06. The Kier molecular flexibility index (Phi) is 3.15. The van der Waals surface area contributed by atoms with Crippen molar-refractivity contribution < 1.29 is 17.6 Å². The lowest BCUT2D eigenvalue weighted by atomic mass is 9.81. The predicted octanol–water partition coefficient (Wildman–Crippen LogP) is 3.57. The van der Waals surface area contributed by atoms with Gasteiger partial charge >= 0.3 is 6.18 Å². The second-order valence-electron chi connectivity index (χ2n) is 3.58. The van der Waals surface area contributed by atoms with Crippen LogP contribution in [0.2, 0.25) is 0 Å². The summed E-state index contributed by atoms with van der Waals surface area (Å²) in [5, 5.41) is 0. The molecule has 4 heteroatoms. The topological polar surface area (TPSA) is 0 Å². The van der Waals surface area contributed by atoms with Gasteiger partial charge in [-0.15, -0.1) is 0 Å². The molecule has 0 aliphatic rings. The molecule has 0 aromatic carbocycles. The monoisotopic (exact) mass is 186 g/mol. The number of halogens is 4. The van der Waals surface area contributed by atoms with Crippen LogP contribution in [-0.4, -0.2) is 11.8 Å². The van der Waals surface area contributed by atoms with Crippen molar-refractivity contribution in [3.8, 4) is 0 Å². The maximum atomic E-state index is 13.4. The van der Waals surface area contributed by atoms with E-state index in [1.807, 2.05) is 0 Å². The first-order valence-corrected chi connectivity index (χ1v) is 3.89. The molecule has 0 rings (SSSR count). The second kappa shape index (κ2) is 3.23. The van der Waals surface area contributed by atoms with E-state index < -0.39 is 23.7 Å². The Hall–Kier alpha value is -0.280. The molecular weight excluding hydrogens is 172 g/mol. The Balaban J connectivity index is 4.89. The molecule has 0 aromatic heterocycles. The van der Waals surface area contributed by atoms with E-state index in [0.29, 0.717) is 0 Å². The van der Waals surface area contributed by atoms with Crippen molar-refractivity contribution in [1.29, 1.82) is 0 Å². The van der Waals surface area contributed by atoms with Crippen molar-refractivity contribution in [2.45, 2.75) is 39.5 Å². The van der Waals surface area contributed by atoms with Crippen molar-refractivity contribution in [3.05, 3.63) is 0 Å². The molecule has 0 aliphatic heterocycles. The maximum absolute atomic E-state index is 13.4. The molecule has 0 N–H and O–H groups in total. The fraction of sp³-hybridized carbons (Fsp3) is 1.00. The molecule has 0 aromatic rings. The Morgan fingerprint density at radius 1 is 0.750 bits per heavy atom. The summed E-state index contributed by atoms with van der Waals surface area (Å²) in [6.45, 7) is 4.97. The van der Waals surface area contributed by atoms with Crippen molar-refractivity contribution in [2.75, 3.05) is 0 Å². The van der Waals surface area contributed by atoms with Crippen LogP contribution in [0.5, 0.6) is 0 Å². The van der Waals surface area contributed by atoms with Gasteiger partial charge in [0.25, 0.3) is 0 Å². The standard InChI is InChI=1S/C8H14F4/c1-5(2)7(9,6(3)4)8(10,11)12/h5-6H,1-4H3. The van der Waals surface area contributed by atoms with Crippen LogP contribution in [0.4, 0.5) is 17.6 Å². The Bertz CT molecular complexity index is 138. The minimum atomic E-state index is -4.77. The largest absolute Gasteiger partial charge is 0.422 e. The van der Waals surface area contributed by atoms with Crippen molar-refractivity contribution in [3.63, 3.8) is 0 Å². The molecule has 0 spiro atoms. The van der Waals surface area contributed by atoms with Crippen LogP contribution in [-0.2, 0) is 0 Å². The van der Waals surface area contributed by atoms with Gasteiger partial charge in [-0.2, -0.15) is 13.2 Å². The van der Waals surface area contributed by atoms with Crippen molar-refractivity contribution in [1.82, 2.24) is 0 Å². The molecule has 0 nitrogen and oxygen atoms in total. The summed E-state index contributed by atoms with van der Waals surface area (Å²) in [5.74, 6) is -2.09. The van der Waals surface area contributed by atoms with Crippen molar-refractivity contribution >= 4 is 0 Å². The van der Waals surface area contributed by atoms with E-state index in [9.17, 15) is 17.6 Å². The van der Waals surface area contributed by atoms with Gasteiger partial charge in [0.1, 0.15) is 0 Å². The van der Waals surface area contributed by atoms with E-state index in [1.165, 1.54) is 27.7 Å². The molecule has 0 amide bonds. The first kappa shape index (κ1) is 11.7. The van der Waals surface area contributed by atoms with E-state index in [2.05, 4.69) is 0 Å². The zero-order valence-corrected chi connectivity index (χ0v) is 7.67. The highest BCUT2D eigenvalue weighted by Crippen LogP contribution is 2.44. The number of alkyl halides is 4. The fourth-order valence-electron chi connectivity index (χ4n) is 1.32. The fourth-order valence-corrected chi connectivity index (χ4v) is 1.32. The molecular formula is C8H14F4. The van der Waals surface area contributed by atoms with E-state index >= 15 is 0 Å². The zero-order chi connectivity index (χ0) is 10.2. The third-order valence-corrected chi connectivity index (χ3v) is 2.11. The van der Waals surface area contributed by atoms with Gasteiger partial charge in [-0.25, -0.2) is 4.39 Å². The van der Waals surface area contributed by atoms with Crippen LogP contribution in [0.3, 0.4) is 0 Å². The zero-order valence-electron chi connectivity index (χ0n) is 7.67. The highest BCUT2D eigenvalue weighted by atomic mass is 19.4. The molecule has 12 heavy (non-hydrogen) atoms. The lowest BCUT2D eigenvalue weighted by molar-refractivity contribution is -0.260. The smallest absolute Gasteiger partial charge is 0.233 e. The molecule has 0 fully saturated rings. The van der Waals surface area contributed by atoms with Gasteiger partial charge in [-0.3, -0.25) is 0 Å². The third-order valence-electron chi connectivity index (χ3n) is 2.11. The average molecular weight is 186 g/mol. The van der Waals surface area contributed by atoms with Gasteiger partial charge in [-0.05, 0) is 11.8 Å². The van der Waals surface area contributed by atoms with Gasteiger partial charge in [0, 0.05) is 0 Å². The molecule has 0 saturated carbocycles. The van der Waals surface area contributed by atoms with Gasteiger partial charge in [0.05, 0.1) is 0 Å². The minimum Gasteiger partial charge on any atom is -0.233 e. The first-order chi connectivity index (χ1) is 5.14. The molecule has 0 unspecified atom stereocenters. The van der Waals surface area contributed by atoms with Crippen molar-refractivity contribution in [2.24, 2.45) is 11.8 Å². The molecule has 74 valence electrons. The summed E-state index contributed by atoms with van der Waals surface area (Å²) in [6, 6.07) is 0. The number of hydrogen-bond donors (Lipinski definition) is 0. The Morgan fingerprint density at radius 3 is 1.00 bits per heavy atom. The number of hydrogen-bond acceptors (Lipinski definition) is 0. The first-order valence-electron chi connectivity index (χ1n) is 3.89. The highest BCUT2D eigenvalue weighted by molar-refractivity contribution is 4.92. The second-order valence-corrected chi connectivity index (χ2v) is 3.58. The minimum absolute atomic E-state index is 1.04. The maximum Gasteiger partial charge on any atom is 0.422 e.